The van der Waals surface area contributed by atoms with Gasteiger partial charge in [0.15, 0.2) is 0 Å². The summed E-state index contributed by atoms with van der Waals surface area (Å²) in [6, 6.07) is 8.07. The number of urea groups is 1. The maximum atomic E-state index is 13.1. The molecule has 10 heteroatoms. The van der Waals surface area contributed by atoms with E-state index in [-0.39, 0.29) is 12.1 Å². The molecular weight excluding hydrogens is 464 g/mol. The Morgan fingerprint density at radius 2 is 2.17 bits per heavy atom. The highest BCUT2D eigenvalue weighted by molar-refractivity contribution is 7.98. The van der Waals surface area contributed by atoms with Gasteiger partial charge in [0, 0.05) is 30.6 Å². The molecule has 2 aliphatic rings. The summed E-state index contributed by atoms with van der Waals surface area (Å²) < 4.78 is 17.7. The van der Waals surface area contributed by atoms with Crippen molar-refractivity contribution in [3.8, 4) is 17.0 Å². The van der Waals surface area contributed by atoms with Crippen LogP contribution in [0.2, 0.25) is 0 Å². The number of aromatic nitrogens is 4. The van der Waals surface area contributed by atoms with Crippen molar-refractivity contribution in [3.05, 3.63) is 59.5 Å². The minimum absolute atomic E-state index is 0.0284. The number of pyridine rings is 1. The van der Waals surface area contributed by atoms with E-state index in [9.17, 15) is 4.79 Å². The van der Waals surface area contributed by atoms with Gasteiger partial charge in [-0.2, -0.15) is 10.2 Å². The molecule has 1 aromatic carbocycles. The molecule has 35 heavy (non-hydrogen) atoms. The van der Waals surface area contributed by atoms with Crippen molar-refractivity contribution in [1.82, 2.24) is 24.1 Å². The molecule has 0 saturated carbocycles. The maximum absolute atomic E-state index is 13.1. The van der Waals surface area contributed by atoms with Crippen LogP contribution in [0.1, 0.15) is 23.1 Å². The van der Waals surface area contributed by atoms with Gasteiger partial charge in [0.2, 0.25) is 5.88 Å². The summed E-state index contributed by atoms with van der Waals surface area (Å²) in [5.74, 6) is 0.647. The summed E-state index contributed by atoms with van der Waals surface area (Å²) in [6.07, 6.45) is 8.53. The van der Waals surface area contributed by atoms with Crippen LogP contribution in [-0.4, -0.2) is 45.2 Å². The van der Waals surface area contributed by atoms with Crippen LogP contribution in [0.5, 0.6) is 5.88 Å². The van der Waals surface area contributed by atoms with E-state index < -0.39 is 0 Å². The fraction of sp³-hybridized carbons (Fsp3) is 0.320. The van der Waals surface area contributed by atoms with Crippen molar-refractivity contribution in [2.75, 3.05) is 19.0 Å². The van der Waals surface area contributed by atoms with Crippen LogP contribution >= 0.6 is 11.9 Å². The van der Waals surface area contributed by atoms with Crippen molar-refractivity contribution in [2.45, 2.75) is 43.7 Å². The summed E-state index contributed by atoms with van der Waals surface area (Å²) in [5.41, 5.74) is 7.59. The molecule has 2 N–H and O–H groups in total. The van der Waals surface area contributed by atoms with E-state index in [0.29, 0.717) is 19.0 Å². The van der Waals surface area contributed by atoms with Gasteiger partial charge in [0.05, 0.1) is 23.9 Å². The molecule has 6 rings (SSSR count). The van der Waals surface area contributed by atoms with Gasteiger partial charge in [0.1, 0.15) is 17.6 Å². The molecule has 4 aromatic rings. The van der Waals surface area contributed by atoms with Crippen molar-refractivity contribution in [3.63, 3.8) is 0 Å². The third-order valence-corrected chi connectivity index (χ3v) is 7.44. The number of amides is 2. The van der Waals surface area contributed by atoms with Crippen LogP contribution in [0.25, 0.3) is 16.6 Å². The minimum Gasteiger partial charge on any atom is -0.474 e. The second-order valence-corrected chi connectivity index (χ2v) is 9.72. The van der Waals surface area contributed by atoms with E-state index in [1.54, 1.807) is 24.2 Å². The van der Waals surface area contributed by atoms with Crippen LogP contribution in [0.15, 0.2) is 47.8 Å². The van der Waals surface area contributed by atoms with Crippen molar-refractivity contribution >= 4 is 29.2 Å². The van der Waals surface area contributed by atoms with Crippen LogP contribution in [-0.2, 0) is 24.1 Å². The summed E-state index contributed by atoms with van der Waals surface area (Å²) in [6.45, 7) is 3.18. The fourth-order valence-electron chi connectivity index (χ4n) is 4.97. The fourth-order valence-corrected chi connectivity index (χ4v) is 5.57. The summed E-state index contributed by atoms with van der Waals surface area (Å²) in [7, 11) is 1.66. The molecule has 0 radical (unpaired) electrons. The highest BCUT2D eigenvalue weighted by Crippen LogP contribution is 2.40. The van der Waals surface area contributed by atoms with Gasteiger partial charge in [-0.1, -0.05) is 12.1 Å². The normalized spacial score (nSPS) is 16.6. The number of hydrogen-bond acceptors (Lipinski definition) is 6. The van der Waals surface area contributed by atoms with Gasteiger partial charge in [-0.05, 0) is 67.0 Å². The Hall–Kier alpha value is -3.50. The lowest BCUT2D eigenvalue weighted by atomic mass is 9.93. The Kier molecular flexibility index (Phi) is 5.62. The van der Waals surface area contributed by atoms with Crippen molar-refractivity contribution < 1.29 is 14.3 Å². The van der Waals surface area contributed by atoms with E-state index in [4.69, 9.17) is 9.47 Å². The van der Waals surface area contributed by atoms with Crippen molar-refractivity contribution in [2.24, 2.45) is 0 Å². The summed E-state index contributed by atoms with van der Waals surface area (Å²) in [5, 5.41) is 11.9. The first-order valence-corrected chi connectivity index (χ1v) is 12.5. The Morgan fingerprint density at radius 1 is 1.26 bits per heavy atom. The van der Waals surface area contributed by atoms with E-state index in [1.807, 2.05) is 22.8 Å². The zero-order valence-electron chi connectivity index (χ0n) is 19.6. The van der Waals surface area contributed by atoms with Gasteiger partial charge in [-0.3, -0.25) is 4.72 Å². The zero-order chi connectivity index (χ0) is 23.9. The Labute approximate surface area is 206 Å². The number of carbonyl (C=O) groups is 1. The number of nitrogens with zero attached hydrogens (tertiary/aromatic N) is 4. The number of fused-ring (bicyclic) bond motifs is 3. The maximum Gasteiger partial charge on any atom is 0.329 e. The average molecular weight is 491 g/mol. The average Bonchev–Trinajstić information content (AvgIpc) is 3.61. The van der Waals surface area contributed by atoms with Gasteiger partial charge < -0.3 is 14.8 Å². The number of methoxy groups -OCH3 is 1. The van der Waals surface area contributed by atoms with E-state index in [0.717, 1.165) is 52.1 Å². The Balaban J connectivity index is 1.26. The van der Waals surface area contributed by atoms with Gasteiger partial charge in [-0.25, -0.2) is 14.0 Å². The highest BCUT2D eigenvalue weighted by atomic mass is 32.2. The quantitative estimate of drug-likeness (QED) is 0.407. The topological polar surface area (TPSA) is 94.7 Å². The predicted molar refractivity (Wildman–Crippen MR) is 134 cm³/mol. The number of carbonyl (C=O) groups excluding carboxylic acids is 1. The molecule has 9 nitrogen and oxygen atoms in total. The molecule has 3 aromatic heterocycles. The third kappa shape index (κ3) is 4.02. The number of ether oxygens (including phenoxy) is 2. The van der Waals surface area contributed by atoms with Gasteiger partial charge in [0.25, 0.3) is 0 Å². The van der Waals surface area contributed by atoms with Crippen molar-refractivity contribution in [1.29, 1.82) is 0 Å². The Morgan fingerprint density at radius 3 is 3.06 bits per heavy atom. The smallest absolute Gasteiger partial charge is 0.329 e. The third-order valence-electron chi connectivity index (χ3n) is 6.65. The lowest BCUT2D eigenvalue weighted by Crippen LogP contribution is -2.32. The molecule has 1 aliphatic heterocycles. The molecule has 0 saturated heterocycles. The second-order valence-electron chi connectivity index (χ2n) is 8.88. The summed E-state index contributed by atoms with van der Waals surface area (Å²) >= 11 is 1.19. The molecule has 180 valence electrons. The molecule has 0 spiro atoms. The molecule has 0 fully saturated rings. The number of hydrogen-bond donors (Lipinski definition) is 2. The molecular formula is C25H26N6O3S. The highest BCUT2D eigenvalue weighted by Gasteiger charge is 2.25. The van der Waals surface area contributed by atoms with E-state index in [2.05, 4.69) is 39.3 Å². The van der Waals surface area contributed by atoms with Gasteiger partial charge in [-0.15, -0.1) is 0 Å². The molecule has 1 unspecified atom stereocenters. The number of nitrogens with one attached hydrogen (secondary N) is 2. The SMILES string of the molecule is COC1COc2c(SNC(=O)Nc3c4c(cc(C)c3-c3ccc5ccnn5c3)CCC4)cnn2C1. The first kappa shape index (κ1) is 22.0. The minimum atomic E-state index is -0.290. The number of benzene rings is 1. The van der Waals surface area contributed by atoms with E-state index in [1.165, 1.54) is 23.1 Å². The lowest BCUT2D eigenvalue weighted by molar-refractivity contribution is 0.0166. The number of aryl methyl sites for hydroxylation is 2. The molecule has 2 amide bonds. The number of rotatable bonds is 5. The zero-order valence-corrected chi connectivity index (χ0v) is 20.4. The largest absolute Gasteiger partial charge is 0.474 e. The molecule has 4 heterocycles. The molecule has 0 bridgehead atoms. The lowest BCUT2D eigenvalue weighted by Gasteiger charge is -2.23. The first-order valence-electron chi connectivity index (χ1n) is 11.6. The number of anilines is 1. The van der Waals surface area contributed by atoms with E-state index >= 15 is 0 Å². The first-order chi connectivity index (χ1) is 17.1. The standard InChI is InChI=1S/C25H26N6O3S/c1-15-10-16-4-3-5-20(16)23(22(15)17-6-7-18-8-9-26-30(18)12-17)28-25(32)29-35-21-11-27-31-13-19(33-2)14-34-24(21)31/h6-12,19H,3-5,13-14H2,1-2H3,(H2,28,29,32). The Bertz CT molecular complexity index is 1430. The van der Waals surface area contributed by atoms with Crippen LogP contribution in [0.3, 0.4) is 0 Å². The van der Waals surface area contributed by atoms with Crippen LogP contribution in [0, 0.1) is 6.92 Å². The van der Waals surface area contributed by atoms with Gasteiger partial charge >= 0.3 is 6.03 Å². The second kappa shape index (κ2) is 8.94. The monoisotopic (exact) mass is 490 g/mol. The van der Waals surface area contributed by atoms with Crippen LogP contribution < -0.4 is 14.8 Å². The molecule has 1 atom stereocenters. The van der Waals surface area contributed by atoms with Crippen LogP contribution in [0.4, 0.5) is 10.5 Å². The molecule has 1 aliphatic carbocycles. The predicted octanol–water partition coefficient (Wildman–Crippen LogP) is 4.23. The summed E-state index contributed by atoms with van der Waals surface area (Å²) in [4.78, 5) is 13.8.